The van der Waals surface area contributed by atoms with Crippen LogP contribution >= 0.6 is 11.8 Å². The van der Waals surface area contributed by atoms with Gasteiger partial charge in [0.2, 0.25) is 0 Å². The summed E-state index contributed by atoms with van der Waals surface area (Å²) in [6.45, 7) is 0.0182. The number of nitrogens with zero attached hydrogens (tertiary/aromatic N) is 1. The summed E-state index contributed by atoms with van der Waals surface area (Å²) in [6.07, 6.45) is 1.73. The molecule has 1 heterocycles. The second-order valence-corrected chi connectivity index (χ2v) is 5.21. The largest absolute Gasteiger partial charge is 0.392 e. The fourth-order valence-corrected chi connectivity index (χ4v) is 2.99. The van der Waals surface area contributed by atoms with E-state index in [9.17, 15) is 5.11 Å². The molecule has 0 aliphatic heterocycles. The summed E-state index contributed by atoms with van der Waals surface area (Å²) >= 11 is 6.41. The van der Waals surface area contributed by atoms with E-state index in [0.717, 1.165) is 35.0 Å². The van der Waals surface area contributed by atoms with Gasteiger partial charge >= 0.3 is 0 Å². The molecule has 0 aliphatic rings. The van der Waals surface area contributed by atoms with E-state index in [1.807, 2.05) is 42.5 Å². The molecule has 0 atom stereocenters. The summed E-state index contributed by atoms with van der Waals surface area (Å²) in [5, 5.41) is 10.7. The molecule has 0 spiro atoms. The van der Waals surface area contributed by atoms with Crippen molar-refractivity contribution in [1.82, 2.24) is 4.09 Å². The number of para-hydroxylation sites is 1. The van der Waals surface area contributed by atoms with Crippen molar-refractivity contribution in [2.45, 2.75) is 19.4 Å². The Balaban J connectivity index is 1.96. The molecule has 2 nitrogen and oxygen atoms in total. The van der Waals surface area contributed by atoms with Gasteiger partial charge in [-0.2, -0.15) is 0 Å². The van der Waals surface area contributed by atoms with Crippen LogP contribution in [0, 0.1) is 0 Å². The van der Waals surface area contributed by atoms with Crippen molar-refractivity contribution in [1.29, 1.82) is 0 Å². The SMILES string of the molecule is OCc1c(CCc2ccccc2)n(Cl)c2ccccc12. The van der Waals surface area contributed by atoms with Gasteiger partial charge in [-0.05, 0) is 24.5 Å². The van der Waals surface area contributed by atoms with Gasteiger partial charge in [0.15, 0.2) is 0 Å². The lowest BCUT2D eigenvalue weighted by atomic mass is 10.0. The highest BCUT2D eigenvalue weighted by molar-refractivity contribution is 6.20. The van der Waals surface area contributed by atoms with E-state index in [1.165, 1.54) is 5.56 Å². The van der Waals surface area contributed by atoms with E-state index in [4.69, 9.17) is 11.8 Å². The van der Waals surface area contributed by atoms with Crippen LogP contribution in [0.25, 0.3) is 10.9 Å². The Morgan fingerprint density at radius 1 is 0.900 bits per heavy atom. The zero-order valence-corrected chi connectivity index (χ0v) is 11.8. The minimum atomic E-state index is 0.0182. The van der Waals surface area contributed by atoms with Crippen LogP contribution in [0.5, 0.6) is 0 Å². The first-order chi connectivity index (χ1) is 9.81. The van der Waals surface area contributed by atoms with Crippen molar-refractivity contribution in [3.8, 4) is 0 Å². The van der Waals surface area contributed by atoms with Gasteiger partial charge in [-0.15, -0.1) is 0 Å². The molecule has 0 aliphatic carbocycles. The molecule has 0 saturated heterocycles. The Morgan fingerprint density at radius 3 is 2.35 bits per heavy atom. The topological polar surface area (TPSA) is 25.2 Å². The maximum Gasteiger partial charge on any atom is 0.0706 e. The highest BCUT2D eigenvalue weighted by Crippen LogP contribution is 2.28. The Kier molecular flexibility index (Phi) is 3.77. The van der Waals surface area contributed by atoms with Gasteiger partial charge in [-0.1, -0.05) is 48.5 Å². The maximum atomic E-state index is 9.66. The monoisotopic (exact) mass is 285 g/mol. The third-order valence-electron chi connectivity index (χ3n) is 3.68. The second-order valence-electron chi connectivity index (χ2n) is 4.87. The van der Waals surface area contributed by atoms with Gasteiger partial charge in [0.05, 0.1) is 12.1 Å². The number of fused-ring (bicyclic) bond motifs is 1. The van der Waals surface area contributed by atoms with Crippen LogP contribution in [0.4, 0.5) is 0 Å². The average molecular weight is 286 g/mol. The predicted octanol–water partition coefficient (Wildman–Crippen LogP) is 3.92. The smallest absolute Gasteiger partial charge is 0.0706 e. The van der Waals surface area contributed by atoms with Crippen LogP contribution in [-0.4, -0.2) is 9.19 Å². The minimum absolute atomic E-state index is 0.0182. The third-order valence-corrected chi connectivity index (χ3v) is 4.06. The molecule has 0 saturated carbocycles. The van der Waals surface area contributed by atoms with Gasteiger partial charge in [0.25, 0.3) is 0 Å². The average Bonchev–Trinajstić information content (AvgIpc) is 2.78. The predicted molar refractivity (Wildman–Crippen MR) is 83.0 cm³/mol. The van der Waals surface area contributed by atoms with Crippen molar-refractivity contribution in [2.75, 3.05) is 0 Å². The summed E-state index contributed by atoms with van der Waals surface area (Å²) in [6, 6.07) is 18.2. The van der Waals surface area contributed by atoms with Crippen molar-refractivity contribution < 1.29 is 5.11 Å². The lowest BCUT2D eigenvalue weighted by Crippen LogP contribution is -1.99. The number of rotatable bonds is 4. The maximum absolute atomic E-state index is 9.66. The van der Waals surface area contributed by atoms with Crippen molar-refractivity contribution in [3.63, 3.8) is 0 Å². The molecular formula is C17H16ClNO. The lowest BCUT2D eigenvalue weighted by Gasteiger charge is -2.05. The second kappa shape index (κ2) is 5.70. The number of aliphatic hydroxyl groups is 1. The van der Waals surface area contributed by atoms with Crippen LogP contribution < -0.4 is 0 Å². The fourth-order valence-electron chi connectivity index (χ4n) is 2.65. The molecular weight excluding hydrogens is 270 g/mol. The van der Waals surface area contributed by atoms with Crippen LogP contribution in [0.15, 0.2) is 54.6 Å². The molecule has 0 fully saturated rings. The van der Waals surface area contributed by atoms with Crippen LogP contribution in [0.2, 0.25) is 0 Å². The number of halogens is 1. The molecule has 102 valence electrons. The first-order valence-electron chi connectivity index (χ1n) is 6.73. The molecule has 3 heteroatoms. The third kappa shape index (κ3) is 2.33. The van der Waals surface area contributed by atoms with Gasteiger partial charge in [-0.3, -0.25) is 4.09 Å². The molecule has 0 amide bonds. The Bertz CT molecular complexity index is 718. The van der Waals surface area contributed by atoms with Crippen LogP contribution in [0.1, 0.15) is 16.8 Å². The molecule has 1 aromatic heterocycles. The number of benzene rings is 2. The van der Waals surface area contributed by atoms with Crippen molar-refractivity contribution in [3.05, 3.63) is 71.4 Å². The molecule has 0 unspecified atom stereocenters. The molecule has 20 heavy (non-hydrogen) atoms. The zero-order valence-electron chi connectivity index (χ0n) is 11.1. The molecule has 1 N–H and O–H groups in total. The summed E-state index contributed by atoms with van der Waals surface area (Å²) in [7, 11) is 0. The summed E-state index contributed by atoms with van der Waals surface area (Å²) in [5.41, 5.74) is 4.17. The number of aliphatic hydroxyl groups excluding tert-OH is 1. The molecule has 2 aromatic carbocycles. The zero-order chi connectivity index (χ0) is 13.9. The van der Waals surface area contributed by atoms with E-state index in [1.54, 1.807) is 4.09 Å². The highest BCUT2D eigenvalue weighted by atomic mass is 35.5. The molecule has 3 aromatic rings. The summed E-state index contributed by atoms with van der Waals surface area (Å²) in [5.74, 6) is 0. The van der Waals surface area contributed by atoms with Gasteiger partial charge in [-0.25, -0.2) is 0 Å². The highest BCUT2D eigenvalue weighted by Gasteiger charge is 2.14. The lowest BCUT2D eigenvalue weighted by molar-refractivity contribution is 0.282. The Morgan fingerprint density at radius 2 is 1.60 bits per heavy atom. The number of aromatic nitrogens is 1. The number of aryl methyl sites for hydroxylation is 1. The van der Waals surface area contributed by atoms with E-state index >= 15 is 0 Å². The van der Waals surface area contributed by atoms with Gasteiger partial charge < -0.3 is 5.11 Å². The summed E-state index contributed by atoms with van der Waals surface area (Å²) < 4.78 is 1.68. The van der Waals surface area contributed by atoms with E-state index in [2.05, 4.69) is 12.1 Å². The minimum Gasteiger partial charge on any atom is -0.392 e. The first-order valence-corrected chi connectivity index (χ1v) is 7.07. The van der Waals surface area contributed by atoms with Crippen LogP contribution in [-0.2, 0) is 19.4 Å². The fraction of sp³-hybridized carbons (Fsp3) is 0.176. The number of hydrogen-bond donors (Lipinski definition) is 1. The van der Waals surface area contributed by atoms with Gasteiger partial charge in [0.1, 0.15) is 0 Å². The van der Waals surface area contributed by atoms with E-state index in [-0.39, 0.29) is 6.61 Å². The van der Waals surface area contributed by atoms with Crippen molar-refractivity contribution in [2.24, 2.45) is 0 Å². The Labute approximate surface area is 123 Å². The van der Waals surface area contributed by atoms with Crippen LogP contribution in [0.3, 0.4) is 0 Å². The molecule has 0 bridgehead atoms. The Hall–Kier alpha value is -1.77. The standard InChI is InChI=1S/C17H16ClNO/c18-19-16-9-5-4-8-14(16)15(12-20)17(19)11-10-13-6-2-1-3-7-13/h1-9,20H,10-12H2. The van der Waals surface area contributed by atoms with Gasteiger partial charge in [0, 0.05) is 28.4 Å². The summed E-state index contributed by atoms with van der Waals surface area (Å²) in [4.78, 5) is 0. The van der Waals surface area contributed by atoms with Crippen molar-refractivity contribution >= 4 is 22.7 Å². The first kappa shape index (κ1) is 13.2. The molecule has 3 rings (SSSR count). The quantitative estimate of drug-likeness (QED) is 0.772. The molecule has 0 radical (unpaired) electrons. The van der Waals surface area contributed by atoms with E-state index in [0.29, 0.717) is 0 Å². The normalized spacial score (nSPS) is 11.1. The number of hydrogen-bond acceptors (Lipinski definition) is 1. The van der Waals surface area contributed by atoms with E-state index < -0.39 is 0 Å².